The molecule has 1 aliphatic heterocycles. The average molecular weight is 438 g/mol. The largest absolute Gasteiger partial charge is 0.388 e. The topological polar surface area (TPSA) is 112 Å². The molecule has 8 nitrogen and oxygen atoms in total. The van der Waals surface area contributed by atoms with Crippen LogP contribution in [-0.2, 0) is 14.2 Å². The fourth-order valence-electron chi connectivity index (χ4n) is 9.86. The summed E-state index contributed by atoms with van der Waals surface area (Å²) in [6.07, 6.45) is 2.13. The predicted molar refractivity (Wildman–Crippen MR) is 109 cm³/mol. The highest BCUT2D eigenvalue weighted by atomic mass is 16.5. The lowest BCUT2D eigenvalue weighted by atomic mass is 9.45. The van der Waals surface area contributed by atoms with Gasteiger partial charge in [-0.05, 0) is 18.9 Å². The third-order valence-electron chi connectivity index (χ3n) is 10.5. The summed E-state index contributed by atoms with van der Waals surface area (Å²) >= 11 is 0. The second-order valence-electron chi connectivity index (χ2n) is 10.9. The first-order chi connectivity index (χ1) is 14.7. The Morgan fingerprint density at radius 1 is 1.10 bits per heavy atom. The van der Waals surface area contributed by atoms with Gasteiger partial charge >= 0.3 is 0 Å². The number of nitrogens with zero attached hydrogens (tertiary/aromatic N) is 1. The molecule has 6 aliphatic rings. The highest BCUT2D eigenvalue weighted by molar-refractivity contribution is 5.44. The van der Waals surface area contributed by atoms with Crippen molar-refractivity contribution in [3.05, 3.63) is 12.2 Å². The molecule has 6 rings (SSSR count). The highest BCUT2D eigenvalue weighted by Crippen LogP contribution is 2.78. The normalized spacial score (nSPS) is 63.5. The van der Waals surface area contributed by atoms with Crippen molar-refractivity contribution in [1.29, 1.82) is 0 Å². The minimum Gasteiger partial charge on any atom is -0.388 e. The number of aliphatic hydroxyl groups is 4. The zero-order valence-corrected chi connectivity index (χ0v) is 18.6. The minimum absolute atomic E-state index is 0.0607. The maximum absolute atomic E-state index is 12.7. The first-order valence-corrected chi connectivity index (χ1v) is 11.6. The van der Waals surface area contributed by atoms with E-state index in [-0.39, 0.29) is 36.4 Å². The minimum atomic E-state index is -1.69. The summed E-state index contributed by atoms with van der Waals surface area (Å²) in [7, 11) is 4.83. The quantitative estimate of drug-likeness (QED) is 0.421. The van der Waals surface area contributed by atoms with Crippen LogP contribution in [0.15, 0.2) is 12.2 Å². The van der Waals surface area contributed by atoms with Crippen LogP contribution < -0.4 is 0 Å². The summed E-state index contributed by atoms with van der Waals surface area (Å²) in [5, 5.41) is 48.7. The molecule has 31 heavy (non-hydrogen) atoms. The molecule has 0 aromatic rings. The third kappa shape index (κ3) is 1.88. The van der Waals surface area contributed by atoms with Gasteiger partial charge in [-0.25, -0.2) is 0 Å². The summed E-state index contributed by atoms with van der Waals surface area (Å²) in [5.74, 6) is -0.992. The first-order valence-electron chi connectivity index (χ1n) is 11.6. The molecule has 1 heterocycles. The maximum atomic E-state index is 12.7. The predicted octanol–water partition coefficient (Wildman–Crippen LogP) is -0.855. The Labute approximate surface area is 182 Å². The highest BCUT2D eigenvalue weighted by Gasteiger charge is 2.91. The van der Waals surface area contributed by atoms with E-state index in [0.29, 0.717) is 19.5 Å². The number of likely N-dealkylation sites (tertiary alicyclic amines) is 1. The van der Waals surface area contributed by atoms with Crippen molar-refractivity contribution in [2.75, 3.05) is 34.4 Å². The van der Waals surface area contributed by atoms with E-state index in [1.165, 1.54) is 7.11 Å². The van der Waals surface area contributed by atoms with Gasteiger partial charge in [0.15, 0.2) is 0 Å². The van der Waals surface area contributed by atoms with E-state index in [2.05, 4.69) is 4.90 Å². The molecule has 13 atom stereocenters. The van der Waals surface area contributed by atoms with Crippen molar-refractivity contribution in [2.24, 2.45) is 29.1 Å². The van der Waals surface area contributed by atoms with E-state index in [0.717, 1.165) is 0 Å². The van der Waals surface area contributed by atoms with Gasteiger partial charge in [0, 0.05) is 57.5 Å². The van der Waals surface area contributed by atoms with Gasteiger partial charge in [-0.2, -0.15) is 0 Å². The number of hydrogen-bond donors (Lipinski definition) is 4. The molecule has 8 heteroatoms. The molecule has 1 saturated heterocycles. The van der Waals surface area contributed by atoms with Crippen LogP contribution >= 0.6 is 0 Å². The Morgan fingerprint density at radius 2 is 1.84 bits per heavy atom. The smallest absolute Gasteiger partial charge is 0.136 e. The van der Waals surface area contributed by atoms with Crippen LogP contribution in [0.3, 0.4) is 0 Å². The Balaban J connectivity index is 1.69. The number of aliphatic hydroxyl groups excluding tert-OH is 1. The van der Waals surface area contributed by atoms with Gasteiger partial charge in [-0.3, -0.25) is 4.90 Å². The lowest BCUT2D eigenvalue weighted by Gasteiger charge is -2.67. The van der Waals surface area contributed by atoms with E-state index in [9.17, 15) is 20.4 Å². The van der Waals surface area contributed by atoms with Crippen molar-refractivity contribution in [1.82, 2.24) is 4.90 Å². The van der Waals surface area contributed by atoms with Crippen LogP contribution in [0.5, 0.6) is 0 Å². The standard InChI is InChI=1S/C23H35NO7/c1-5-24-10-20(26)7-6-14(25)22-12-8-11-13(29-2)9-21(27,15(12)16(11)30-3)23(28,19(22)24)18(31-4)17(20)22/h6-7,11-19,25-28H,5,8-10H2,1-4H3/t11-,12-,13+,14+,15-,16+,17-,18+,19-,20-,21-,22+,23+/m1/s1. The number of rotatable bonds is 4. The molecule has 174 valence electrons. The van der Waals surface area contributed by atoms with E-state index in [1.54, 1.807) is 26.4 Å². The van der Waals surface area contributed by atoms with Crippen molar-refractivity contribution < 1.29 is 34.6 Å². The van der Waals surface area contributed by atoms with Gasteiger partial charge < -0.3 is 34.6 Å². The molecule has 5 aliphatic carbocycles. The molecule has 4 saturated carbocycles. The van der Waals surface area contributed by atoms with Gasteiger partial charge in [0.1, 0.15) is 16.8 Å². The molecule has 0 aromatic heterocycles. The Morgan fingerprint density at radius 3 is 2.45 bits per heavy atom. The number of methoxy groups -OCH3 is 3. The maximum Gasteiger partial charge on any atom is 0.136 e. The zero-order valence-electron chi connectivity index (χ0n) is 18.6. The van der Waals surface area contributed by atoms with Crippen LogP contribution in [-0.4, -0.2) is 107 Å². The zero-order chi connectivity index (χ0) is 22.1. The first kappa shape index (κ1) is 21.0. The van der Waals surface area contributed by atoms with E-state index in [4.69, 9.17) is 14.2 Å². The van der Waals surface area contributed by atoms with E-state index in [1.807, 2.05) is 6.92 Å². The van der Waals surface area contributed by atoms with Crippen molar-refractivity contribution in [3.8, 4) is 0 Å². The SMILES string of the molecule is CCN1C[C@]2(O)C=C[C@H](O)[C@]34[C@@H]5C[C@H]6[C@H](OC)[C@@H]5[C@](O)(C[C@@H]6OC)[C@@](O)([C@H]13)[C@@H](OC)[C@@H]42. The number of hydrogen-bond acceptors (Lipinski definition) is 8. The summed E-state index contributed by atoms with van der Waals surface area (Å²) in [5.41, 5.74) is -5.33. The summed E-state index contributed by atoms with van der Waals surface area (Å²) < 4.78 is 17.8. The monoisotopic (exact) mass is 437 g/mol. The molecular formula is C23H35NO7. The molecule has 0 aromatic carbocycles. The second-order valence-corrected chi connectivity index (χ2v) is 10.9. The Bertz CT molecular complexity index is 824. The molecule has 1 spiro atoms. The van der Waals surface area contributed by atoms with Gasteiger partial charge in [0.05, 0.1) is 30.5 Å². The van der Waals surface area contributed by atoms with Crippen LogP contribution in [0.1, 0.15) is 19.8 Å². The van der Waals surface area contributed by atoms with Crippen LogP contribution in [0.25, 0.3) is 0 Å². The average Bonchev–Trinajstić information content (AvgIpc) is 3.17. The van der Waals surface area contributed by atoms with Crippen molar-refractivity contribution in [2.45, 2.75) is 67.0 Å². The van der Waals surface area contributed by atoms with Gasteiger partial charge in [0.2, 0.25) is 0 Å². The Hall–Kier alpha value is -0.580. The number of ether oxygens (including phenoxy) is 3. The molecular weight excluding hydrogens is 402 g/mol. The third-order valence-corrected chi connectivity index (χ3v) is 10.5. The lowest BCUT2D eigenvalue weighted by molar-refractivity contribution is -0.312. The van der Waals surface area contributed by atoms with Gasteiger partial charge in [-0.1, -0.05) is 19.1 Å². The van der Waals surface area contributed by atoms with E-state index >= 15 is 0 Å². The van der Waals surface area contributed by atoms with Crippen LogP contribution in [0.4, 0.5) is 0 Å². The molecule has 0 unspecified atom stereocenters. The molecule has 4 N–H and O–H groups in total. The number of fused-ring (bicyclic) bond motifs is 2. The van der Waals surface area contributed by atoms with E-state index < -0.39 is 46.4 Å². The molecule has 0 amide bonds. The molecule has 0 radical (unpaired) electrons. The van der Waals surface area contributed by atoms with Crippen molar-refractivity contribution in [3.63, 3.8) is 0 Å². The Kier molecular flexibility index (Phi) is 4.13. The van der Waals surface area contributed by atoms with Gasteiger partial charge in [0.25, 0.3) is 0 Å². The second kappa shape index (κ2) is 6.10. The fraction of sp³-hybridized carbons (Fsp3) is 0.913. The van der Waals surface area contributed by atoms with Crippen LogP contribution in [0, 0.1) is 29.1 Å². The van der Waals surface area contributed by atoms with Crippen molar-refractivity contribution >= 4 is 0 Å². The number of β-amino-alcohol motifs (C(OH)–C–C–N with tert-alkyl or cyclic N) is 1. The number of piperidine rings is 1. The molecule has 7 bridgehead atoms. The van der Waals surface area contributed by atoms with Gasteiger partial charge in [-0.15, -0.1) is 0 Å². The summed E-state index contributed by atoms with van der Waals surface area (Å²) in [6.45, 7) is 2.91. The molecule has 5 fully saturated rings. The lowest BCUT2D eigenvalue weighted by Crippen LogP contribution is -2.82. The fourth-order valence-corrected chi connectivity index (χ4v) is 9.86. The summed E-state index contributed by atoms with van der Waals surface area (Å²) in [6, 6.07) is -0.543. The summed E-state index contributed by atoms with van der Waals surface area (Å²) in [4.78, 5) is 2.06. The van der Waals surface area contributed by atoms with Crippen LogP contribution in [0.2, 0.25) is 0 Å². The number of likely N-dealkylation sites (N-methyl/N-ethyl adjacent to an activating group) is 1.